The van der Waals surface area contributed by atoms with Crippen LogP contribution in [-0.2, 0) is 47.9 Å². The summed E-state index contributed by atoms with van der Waals surface area (Å²) < 4.78 is 0. The van der Waals surface area contributed by atoms with Crippen molar-refractivity contribution in [3.8, 4) is 0 Å². The minimum absolute atomic E-state index is 0.0462. The van der Waals surface area contributed by atoms with Crippen LogP contribution in [0.25, 0.3) is 0 Å². The van der Waals surface area contributed by atoms with Gasteiger partial charge in [0.2, 0.25) is 29.5 Å². The van der Waals surface area contributed by atoms with Crippen molar-refractivity contribution in [1.82, 2.24) is 29.4 Å². The monoisotopic (exact) mass is 1420 g/mol. The van der Waals surface area contributed by atoms with Crippen LogP contribution in [0.4, 0.5) is 0 Å². The van der Waals surface area contributed by atoms with Crippen molar-refractivity contribution in [2.45, 2.75) is 343 Å². The average molecular weight is 1420 g/mol. The molecule has 0 rings (SSSR count). The number of hydrogen-bond donors (Lipinski definition) is 0. The third-order valence-electron chi connectivity index (χ3n) is 19.2. The normalized spacial score (nSPS) is 13.7. The zero-order chi connectivity index (χ0) is 80.7. The van der Waals surface area contributed by atoms with Gasteiger partial charge in [0, 0.05) is 170 Å². The summed E-state index contributed by atoms with van der Waals surface area (Å²) in [6.07, 6.45) is 9.91. The highest BCUT2D eigenvalue weighted by Crippen LogP contribution is 2.37. The maximum atomic E-state index is 12.6. The quantitative estimate of drug-likeness (QED) is 0.0665. The summed E-state index contributed by atoms with van der Waals surface area (Å²) in [5.74, 6) is 1.20. The molecule has 0 heterocycles. The van der Waals surface area contributed by atoms with E-state index >= 15 is 0 Å². The molecule has 0 aliphatic rings. The molecule has 0 spiro atoms. The number of carbonyl (C=O) groups excluding carboxylic acids is 10. The summed E-state index contributed by atoms with van der Waals surface area (Å²) >= 11 is 0. The van der Waals surface area contributed by atoms with Gasteiger partial charge in [-0.25, -0.2) is 0 Å². The zero-order valence-electron chi connectivity index (χ0n) is 73.2. The Bertz CT molecular complexity index is 2460. The summed E-state index contributed by atoms with van der Waals surface area (Å²) in [5.41, 5.74) is -1.87. The van der Waals surface area contributed by atoms with Crippen LogP contribution in [0.3, 0.4) is 0 Å². The van der Waals surface area contributed by atoms with Gasteiger partial charge in [-0.3, -0.25) is 52.8 Å². The van der Waals surface area contributed by atoms with Crippen molar-refractivity contribution in [2.24, 2.45) is 66.5 Å². The molecule has 0 aromatic rings. The van der Waals surface area contributed by atoms with E-state index in [2.05, 4.69) is 102 Å². The maximum Gasteiger partial charge on any atom is 0.226 e. The molecule has 100 heavy (non-hydrogen) atoms. The molecule has 16 nitrogen and oxygen atoms in total. The second-order valence-electron chi connectivity index (χ2n) is 39.2. The lowest BCUT2D eigenvalue weighted by Crippen LogP contribution is -2.45. The highest BCUT2D eigenvalue weighted by molar-refractivity contribution is 5.92. The van der Waals surface area contributed by atoms with Gasteiger partial charge in [0.15, 0.2) is 0 Å². The third-order valence-corrected chi connectivity index (χ3v) is 19.2. The highest BCUT2D eigenvalue weighted by Gasteiger charge is 2.40. The molecule has 0 fully saturated rings. The lowest BCUT2D eigenvalue weighted by atomic mass is 9.69. The first kappa shape index (κ1) is 104. The molecule has 0 saturated heterocycles. The molecule has 0 bridgehead atoms. The van der Waals surface area contributed by atoms with Gasteiger partial charge in [0.05, 0.1) is 0 Å². The van der Waals surface area contributed by atoms with Crippen LogP contribution in [0.1, 0.15) is 332 Å². The molecular weight excluding hydrogens is 1250 g/mol. The Labute approximate surface area is 617 Å². The second-order valence-corrected chi connectivity index (χ2v) is 39.2. The van der Waals surface area contributed by atoms with Gasteiger partial charge in [0.1, 0.15) is 28.9 Å². The van der Waals surface area contributed by atoms with Gasteiger partial charge in [-0.15, -0.1) is 0 Å². The topological polar surface area (TPSA) is 190 Å². The van der Waals surface area contributed by atoms with Crippen molar-refractivity contribution in [3.63, 3.8) is 0 Å². The Hall–Kier alpha value is -4.34. The lowest BCUT2D eigenvalue weighted by Gasteiger charge is -2.38. The van der Waals surface area contributed by atoms with Crippen molar-refractivity contribution >= 4 is 58.5 Å². The summed E-state index contributed by atoms with van der Waals surface area (Å²) in [5, 5.41) is 0. The highest BCUT2D eigenvalue weighted by atomic mass is 16.2. The number of Topliss-reactive ketones (excluding diaryl/α,β-unsaturated/α-hetero) is 5. The molecule has 4 unspecified atom stereocenters. The summed E-state index contributed by atoms with van der Waals surface area (Å²) in [6, 6.07) is 0.227. The number of likely N-dealkylation sites (N-methyl/N-ethyl adjacent to an activating group) is 2. The van der Waals surface area contributed by atoms with E-state index in [-0.39, 0.29) is 125 Å². The van der Waals surface area contributed by atoms with Crippen LogP contribution in [0.15, 0.2) is 0 Å². The van der Waals surface area contributed by atoms with Crippen LogP contribution >= 0.6 is 0 Å². The van der Waals surface area contributed by atoms with E-state index in [0.29, 0.717) is 63.8 Å². The fourth-order valence-corrected chi connectivity index (χ4v) is 10.4. The molecule has 0 N–H and O–H groups in total. The molecule has 0 aromatic heterocycles. The van der Waals surface area contributed by atoms with Crippen LogP contribution in [-0.4, -0.2) is 174 Å². The second kappa shape index (κ2) is 45.1. The summed E-state index contributed by atoms with van der Waals surface area (Å²) in [6.45, 7) is 72.8. The van der Waals surface area contributed by atoms with Crippen LogP contribution < -0.4 is 0 Å². The van der Waals surface area contributed by atoms with Gasteiger partial charge in [-0.1, -0.05) is 240 Å². The standard InChI is InChI=1S/4C17H33NO2.C16H32N2O2/c1-9-13(16(2,3)4)12-18(8)15(20)11-10-14(19)17(5,6)7;1-9-10-13(16(2,3)4)18(8)15(20)12-11-14(19)17(5,6)7;1-9-10-11-18(8)14(19)12-13(16(2,3)4)15(20)17(5,6)7;1-9-10-11-18(8)15(20)13(16(2,3)4)12-14(19)17(5,6)7;1-15(2,3)13(19)9-10-14(20)17(7)11-12-18(8)16(4,5)6/h4*13H,9-12H2,1-8H3;9-12H2,1-8H3. The molecule has 0 aromatic carbocycles. The van der Waals surface area contributed by atoms with E-state index in [9.17, 15) is 47.9 Å². The van der Waals surface area contributed by atoms with E-state index in [1.807, 2.05) is 178 Å². The van der Waals surface area contributed by atoms with Gasteiger partial charge >= 0.3 is 0 Å². The molecule has 4 atom stereocenters. The first-order valence-electron chi connectivity index (χ1n) is 38.1. The maximum absolute atomic E-state index is 12.6. The fourth-order valence-electron chi connectivity index (χ4n) is 10.4. The van der Waals surface area contributed by atoms with Crippen LogP contribution in [0.5, 0.6) is 0 Å². The van der Waals surface area contributed by atoms with Crippen LogP contribution in [0.2, 0.25) is 0 Å². The van der Waals surface area contributed by atoms with Gasteiger partial charge < -0.3 is 24.5 Å². The molecular formula is C84H164N6O10. The first-order chi connectivity index (χ1) is 44.5. The Balaban J connectivity index is -0.000000376. The lowest BCUT2D eigenvalue weighted by molar-refractivity contribution is -0.142. The van der Waals surface area contributed by atoms with Gasteiger partial charge in [-0.2, -0.15) is 0 Å². The van der Waals surface area contributed by atoms with Crippen LogP contribution in [0, 0.1) is 66.5 Å². The van der Waals surface area contributed by atoms with E-state index in [4.69, 9.17) is 0 Å². The van der Waals surface area contributed by atoms with E-state index in [1.54, 1.807) is 26.6 Å². The third kappa shape index (κ3) is 45.7. The number of unbranched alkanes of at least 4 members (excludes halogenated alkanes) is 2. The molecule has 16 heteroatoms. The van der Waals surface area contributed by atoms with Crippen molar-refractivity contribution in [2.75, 3.05) is 75.0 Å². The van der Waals surface area contributed by atoms with Gasteiger partial charge in [-0.05, 0) is 74.7 Å². The average Bonchev–Trinajstić information content (AvgIpc) is 0.834. The number of carbonyl (C=O) groups is 10. The summed E-state index contributed by atoms with van der Waals surface area (Å²) in [7, 11) is 11.3. The van der Waals surface area contributed by atoms with Crippen molar-refractivity contribution in [3.05, 3.63) is 0 Å². The number of ketones is 5. The minimum Gasteiger partial charge on any atom is -0.346 e. The Morgan fingerprint density at radius 1 is 0.320 bits per heavy atom. The number of rotatable bonds is 30. The van der Waals surface area contributed by atoms with E-state index < -0.39 is 5.41 Å². The minimum atomic E-state index is -0.403. The molecule has 5 amide bonds. The van der Waals surface area contributed by atoms with E-state index in [0.717, 1.165) is 71.1 Å². The first-order valence-corrected chi connectivity index (χ1v) is 38.1. The predicted molar refractivity (Wildman–Crippen MR) is 422 cm³/mol. The van der Waals surface area contributed by atoms with Crippen molar-refractivity contribution in [1.29, 1.82) is 0 Å². The zero-order valence-corrected chi connectivity index (χ0v) is 73.2. The largest absolute Gasteiger partial charge is 0.346 e. The molecule has 590 valence electrons. The Morgan fingerprint density at radius 3 is 0.970 bits per heavy atom. The Kier molecular flexibility index (Phi) is 47.1. The van der Waals surface area contributed by atoms with Crippen molar-refractivity contribution < 1.29 is 47.9 Å². The SMILES string of the molecule is CCC(CN(C)C(=O)CCC(=O)C(C)(C)C)C(C)(C)C.CCCC(N(C)C(=O)CCC(=O)C(C)(C)C)C(C)(C)C.CCCCN(C)C(=O)C(CC(=O)C(C)(C)C)C(C)(C)C.CCCCN(C)C(=O)CC(C(=O)C(C)(C)C)C(C)(C)C.CN(CCN(C)C(C)(C)C)C(=O)CCC(=O)C(C)(C)C. The smallest absolute Gasteiger partial charge is 0.226 e. The predicted octanol–water partition coefficient (Wildman–Crippen LogP) is 18.4. The fraction of sp³-hybridized carbons (Fsp3) is 0.881. The summed E-state index contributed by atoms with van der Waals surface area (Å²) in [4.78, 5) is 133. The molecule has 0 aliphatic carbocycles. The van der Waals surface area contributed by atoms with E-state index in [1.165, 1.54) is 0 Å². The number of hydrogen-bond acceptors (Lipinski definition) is 11. The Morgan fingerprint density at radius 2 is 0.670 bits per heavy atom. The molecule has 0 radical (unpaired) electrons. The molecule has 0 aliphatic heterocycles. The molecule has 0 saturated carbocycles. The number of nitrogens with zero attached hydrogens (tertiary/aromatic N) is 6. The van der Waals surface area contributed by atoms with Gasteiger partial charge in [0.25, 0.3) is 0 Å². The number of amides is 5.